The van der Waals surface area contributed by atoms with Crippen LogP contribution in [-0.2, 0) is 52.8 Å². The average molecular weight is 532 g/mol. The minimum absolute atomic E-state index is 0. The molecule has 0 spiro atoms. The predicted octanol–water partition coefficient (Wildman–Crippen LogP) is 2.62. The first-order valence-electron chi connectivity index (χ1n) is 10.4. The Morgan fingerprint density at radius 1 is 1.24 bits per heavy atom. The molecule has 2 N–H and O–H groups in total. The summed E-state index contributed by atoms with van der Waals surface area (Å²) in [6.45, 7) is 6.05. The number of aliphatic hydroxyl groups is 1. The third kappa shape index (κ3) is 6.85. The van der Waals surface area contributed by atoms with Crippen molar-refractivity contribution in [3.05, 3.63) is 47.7 Å². The van der Waals surface area contributed by atoms with Gasteiger partial charge in [0.15, 0.2) is 0 Å². The van der Waals surface area contributed by atoms with Gasteiger partial charge in [-0.05, 0) is 33.4 Å². The van der Waals surface area contributed by atoms with Crippen molar-refractivity contribution < 1.29 is 47.3 Å². The van der Waals surface area contributed by atoms with Gasteiger partial charge in [-0.15, -0.1) is 5.10 Å². The van der Waals surface area contributed by atoms with Crippen LogP contribution in [0.1, 0.15) is 35.9 Å². The van der Waals surface area contributed by atoms with Crippen LogP contribution in [0, 0.1) is 19.8 Å². The van der Waals surface area contributed by atoms with Crippen molar-refractivity contribution in [2.75, 3.05) is 33.9 Å². The van der Waals surface area contributed by atoms with Gasteiger partial charge in [0.2, 0.25) is 11.8 Å². The first-order valence-corrected chi connectivity index (χ1v) is 10.4. The molecule has 2 aromatic rings. The number of hydrogen-bond acceptors (Lipinski definition) is 7. The van der Waals surface area contributed by atoms with Crippen molar-refractivity contribution in [3.63, 3.8) is 0 Å². The molecule has 0 saturated heterocycles. The molecule has 0 amide bonds. The standard InChI is InChI=1S/C22H32N6O3.CH3.Y/c1-15-7-6-8-17-19(28(9-11-29)25-21(17)30-5)14-26(3)10-12-31-22-20(18(23)13-15)16(2)24-27(22)4;;/h6,8,13,23,29H,7,9-12,14H2,1-5H3;1H3;/q;-1;/b8-6+,15-13+,23-18?;;. The molecule has 0 fully saturated rings. The molecule has 1 aliphatic rings. The smallest absolute Gasteiger partial charge is 0.240 e. The van der Waals surface area contributed by atoms with E-state index in [1.165, 1.54) is 0 Å². The molecule has 9 nitrogen and oxygen atoms in total. The Hall–Kier alpha value is -1.81. The van der Waals surface area contributed by atoms with Gasteiger partial charge in [-0.3, -0.25) is 9.58 Å². The van der Waals surface area contributed by atoms with E-state index < -0.39 is 0 Å². The van der Waals surface area contributed by atoms with E-state index in [1.807, 2.05) is 40.1 Å². The summed E-state index contributed by atoms with van der Waals surface area (Å²) >= 11 is 0. The Labute approximate surface area is 221 Å². The van der Waals surface area contributed by atoms with Gasteiger partial charge in [0.25, 0.3) is 0 Å². The SMILES string of the molecule is COc1nn(CCO)c2c1/C=C/C/C(C)=C/C(=N)c1c(C)nn(C)c1OCCN(C)C2.[CH3-].[Y]. The van der Waals surface area contributed by atoms with Gasteiger partial charge in [-0.25, -0.2) is 4.68 Å². The molecule has 33 heavy (non-hydrogen) atoms. The molecule has 2 aromatic heterocycles. The van der Waals surface area contributed by atoms with Crippen LogP contribution in [0.4, 0.5) is 0 Å². The fraction of sp³-hybridized carbons (Fsp3) is 0.478. The number of allylic oxidation sites excluding steroid dienone is 3. The van der Waals surface area contributed by atoms with Gasteiger partial charge >= 0.3 is 0 Å². The van der Waals surface area contributed by atoms with E-state index in [9.17, 15) is 5.11 Å². The minimum Gasteiger partial charge on any atom is -0.480 e. The summed E-state index contributed by atoms with van der Waals surface area (Å²) in [5.41, 5.74) is 4.83. The number of aliphatic hydroxyl groups excluding tert-OH is 1. The monoisotopic (exact) mass is 532 g/mol. The van der Waals surface area contributed by atoms with Crippen LogP contribution < -0.4 is 9.47 Å². The molecule has 0 bridgehead atoms. The zero-order chi connectivity index (χ0) is 22.5. The second-order valence-electron chi connectivity index (χ2n) is 7.80. The maximum Gasteiger partial charge on any atom is 0.240 e. The fourth-order valence-electron chi connectivity index (χ4n) is 3.74. The topological polar surface area (TPSA) is 101 Å². The number of rotatable bonds is 3. The van der Waals surface area contributed by atoms with Crippen molar-refractivity contribution in [1.29, 1.82) is 5.41 Å². The van der Waals surface area contributed by atoms with E-state index in [1.54, 1.807) is 16.5 Å². The fourth-order valence-corrected chi connectivity index (χ4v) is 3.74. The first-order chi connectivity index (χ1) is 14.8. The van der Waals surface area contributed by atoms with Crippen molar-refractivity contribution in [1.82, 2.24) is 24.5 Å². The van der Waals surface area contributed by atoms with Gasteiger partial charge in [-0.1, -0.05) is 17.7 Å². The molecule has 3 heterocycles. The molecule has 179 valence electrons. The Morgan fingerprint density at radius 2 is 1.97 bits per heavy atom. The van der Waals surface area contributed by atoms with Crippen LogP contribution in [0.5, 0.6) is 11.8 Å². The Morgan fingerprint density at radius 3 is 2.64 bits per heavy atom. The zero-order valence-corrected chi connectivity index (χ0v) is 23.4. The number of likely N-dealkylation sites (N-methyl/N-ethyl adjacent to an activating group) is 1. The molecule has 0 aliphatic carbocycles. The predicted molar refractivity (Wildman–Crippen MR) is 126 cm³/mol. The molecule has 0 saturated carbocycles. The van der Waals surface area contributed by atoms with Crippen LogP contribution in [0.25, 0.3) is 6.08 Å². The van der Waals surface area contributed by atoms with E-state index in [4.69, 9.17) is 14.9 Å². The Balaban J connectivity index is 0.00000272. The largest absolute Gasteiger partial charge is 0.480 e. The van der Waals surface area contributed by atoms with Crippen LogP contribution in [0.3, 0.4) is 0 Å². The molecule has 0 aromatic carbocycles. The normalized spacial score (nSPS) is 17.6. The molecule has 1 aliphatic heterocycles. The molecular weight excluding hydrogens is 497 g/mol. The number of aryl methyl sites for hydroxylation is 2. The average Bonchev–Trinajstić information content (AvgIpc) is 3.17. The second kappa shape index (κ2) is 13.2. The molecular formula is C23H35N6O3Y-. The van der Waals surface area contributed by atoms with Crippen LogP contribution in [0.2, 0.25) is 0 Å². The first kappa shape index (κ1) is 29.2. The third-order valence-corrected chi connectivity index (χ3v) is 5.26. The Kier molecular flexibility index (Phi) is 11.7. The van der Waals surface area contributed by atoms with E-state index in [0.29, 0.717) is 50.1 Å². The van der Waals surface area contributed by atoms with Gasteiger partial charge in [0.05, 0.1) is 48.5 Å². The Bertz CT molecular complexity index is 1010. The number of hydrogen-bond donors (Lipinski definition) is 2. The summed E-state index contributed by atoms with van der Waals surface area (Å²) in [5.74, 6) is 1.15. The van der Waals surface area contributed by atoms with E-state index >= 15 is 0 Å². The van der Waals surface area contributed by atoms with E-state index in [2.05, 4.69) is 21.2 Å². The van der Waals surface area contributed by atoms with Crippen LogP contribution in [0.15, 0.2) is 17.7 Å². The quantitative estimate of drug-likeness (QED) is 0.590. The number of ether oxygens (including phenoxy) is 2. The summed E-state index contributed by atoms with van der Waals surface area (Å²) in [6.07, 6.45) is 6.61. The number of methoxy groups -OCH3 is 1. The van der Waals surface area contributed by atoms with Crippen molar-refractivity contribution in [3.8, 4) is 11.8 Å². The zero-order valence-electron chi connectivity index (χ0n) is 20.6. The number of fused-ring (bicyclic) bond motifs is 2. The number of nitrogens with one attached hydrogen (secondary N) is 1. The van der Waals surface area contributed by atoms with E-state index in [-0.39, 0.29) is 46.7 Å². The van der Waals surface area contributed by atoms with Crippen LogP contribution in [-0.4, -0.2) is 69.2 Å². The van der Waals surface area contributed by atoms with Gasteiger partial charge < -0.3 is 27.4 Å². The number of aromatic nitrogens is 4. The van der Waals surface area contributed by atoms with Crippen molar-refractivity contribution >= 4 is 11.8 Å². The summed E-state index contributed by atoms with van der Waals surface area (Å²) in [4.78, 5) is 2.14. The number of nitrogens with zero attached hydrogens (tertiary/aromatic N) is 5. The third-order valence-electron chi connectivity index (χ3n) is 5.26. The minimum atomic E-state index is 0. The molecule has 0 atom stereocenters. The molecule has 1 radical (unpaired) electrons. The molecule has 0 unspecified atom stereocenters. The maximum atomic E-state index is 9.47. The summed E-state index contributed by atoms with van der Waals surface area (Å²) in [5, 5.41) is 27.0. The van der Waals surface area contributed by atoms with E-state index in [0.717, 1.165) is 28.1 Å². The van der Waals surface area contributed by atoms with Gasteiger partial charge in [-0.2, -0.15) is 5.10 Å². The van der Waals surface area contributed by atoms with Crippen molar-refractivity contribution in [2.45, 2.75) is 33.4 Å². The molecule has 10 heteroatoms. The van der Waals surface area contributed by atoms with Gasteiger partial charge in [0.1, 0.15) is 6.61 Å². The summed E-state index contributed by atoms with van der Waals surface area (Å²) in [7, 11) is 5.45. The second-order valence-corrected chi connectivity index (χ2v) is 7.80. The van der Waals surface area contributed by atoms with Gasteiger partial charge in [0, 0.05) is 52.8 Å². The summed E-state index contributed by atoms with van der Waals surface area (Å²) < 4.78 is 15.1. The van der Waals surface area contributed by atoms with Crippen molar-refractivity contribution in [2.24, 2.45) is 7.05 Å². The van der Waals surface area contributed by atoms with Crippen LogP contribution >= 0.6 is 0 Å². The summed E-state index contributed by atoms with van der Waals surface area (Å²) in [6, 6.07) is 0. The maximum absolute atomic E-state index is 9.47. The molecule has 3 rings (SSSR count).